The minimum absolute atomic E-state index is 0.00741. The van der Waals surface area contributed by atoms with Crippen molar-refractivity contribution in [3.8, 4) is 5.75 Å². The first-order chi connectivity index (χ1) is 16.4. The maximum Gasteiger partial charge on any atom is 0.247 e. The van der Waals surface area contributed by atoms with E-state index in [0.29, 0.717) is 0 Å². The van der Waals surface area contributed by atoms with Gasteiger partial charge in [0.05, 0.1) is 18.0 Å². The Bertz CT molecular complexity index is 1270. The highest BCUT2D eigenvalue weighted by Gasteiger charge is 2.39. The molecule has 0 saturated carbocycles. The third kappa shape index (κ3) is 5.78. The molecule has 0 aliphatic carbocycles. The summed E-state index contributed by atoms with van der Waals surface area (Å²) in [5.41, 5.74) is 1.72. The smallest absolute Gasteiger partial charge is 0.247 e. The van der Waals surface area contributed by atoms with E-state index in [1.807, 2.05) is 32.9 Å². The van der Waals surface area contributed by atoms with Crippen molar-refractivity contribution in [1.29, 1.82) is 0 Å². The van der Waals surface area contributed by atoms with Gasteiger partial charge in [0.15, 0.2) is 0 Å². The van der Waals surface area contributed by atoms with Gasteiger partial charge in [-0.25, -0.2) is 16.8 Å². The van der Waals surface area contributed by atoms with Crippen molar-refractivity contribution in [3.05, 3.63) is 59.7 Å². The lowest BCUT2D eigenvalue weighted by Crippen LogP contribution is -2.50. The molecule has 3 atom stereocenters. The van der Waals surface area contributed by atoms with Crippen LogP contribution in [-0.4, -0.2) is 69.4 Å². The summed E-state index contributed by atoms with van der Waals surface area (Å²) in [4.78, 5) is 0.171. The van der Waals surface area contributed by atoms with Crippen LogP contribution in [0, 0.1) is 12.8 Å². The second-order valence-electron chi connectivity index (χ2n) is 9.04. The third-order valence-corrected chi connectivity index (χ3v) is 10.1. The average molecular weight is 523 g/mol. The predicted molar refractivity (Wildman–Crippen MR) is 136 cm³/mol. The van der Waals surface area contributed by atoms with E-state index in [-0.39, 0.29) is 41.2 Å². The fourth-order valence-electron chi connectivity index (χ4n) is 4.00. The number of rotatable bonds is 7. The molecule has 1 aliphatic heterocycles. The molecule has 0 amide bonds. The van der Waals surface area contributed by atoms with Gasteiger partial charge in [0.1, 0.15) is 16.7 Å². The summed E-state index contributed by atoms with van der Waals surface area (Å²) in [5.74, 6) is -0.207. The number of likely N-dealkylation sites (N-methyl/N-ethyl adjacent to an activating group) is 1. The summed E-state index contributed by atoms with van der Waals surface area (Å²) in [7, 11) is -6.24. The molecule has 0 fully saturated rings. The number of aliphatic hydroxyl groups is 1. The van der Waals surface area contributed by atoms with E-state index in [1.165, 1.54) is 21.7 Å². The van der Waals surface area contributed by atoms with E-state index >= 15 is 0 Å². The summed E-state index contributed by atoms with van der Waals surface area (Å²) in [5, 5.41) is 9.76. The molecule has 8 nitrogen and oxygen atoms in total. The minimum Gasteiger partial charge on any atom is -0.487 e. The highest BCUT2D eigenvalue weighted by molar-refractivity contribution is 7.89. The molecule has 0 bridgehead atoms. The topological polar surface area (TPSA) is 104 Å². The van der Waals surface area contributed by atoms with Gasteiger partial charge in [-0.15, -0.1) is 0 Å². The molecule has 2 aromatic rings. The van der Waals surface area contributed by atoms with Crippen LogP contribution in [0.4, 0.5) is 0 Å². The number of aryl methyl sites for hydroxylation is 1. The van der Waals surface area contributed by atoms with Crippen molar-refractivity contribution in [2.45, 2.75) is 49.6 Å². The molecule has 0 saturated heterocycles. The molecule has 0 radical (unpaired) electrons. The number of allylic oxidation sites excluding steroid dienone is 1. The Kier molecular flexibility index (Phi) is 8.44. The second-order valence-corrected chi connectivity index (χ2v) is 12.9. The Morgan fingerprint density at radius 2 is 1.89 bits per heavy atom. The molecular weight excluding hydrogens is 488 g/mol. The van der Waals surface area contributed by atoms with Crippen LogP contribution in [0.15, 0.2) is 58.3 Å². The molecule has 1 heterocycles. The Morgan fingerprint density at radius 1 is 1.23 bits per heavy atom. The number of benzene rings is 2. The fourth-order valence-corrected chi connectivity index (χ4v) is 7.01. The Hall–Kier alpha value is -2.24. The van der Waals surface area contributed by atoms with Crippen molar-refractivity contribution in [2.24, 2.45) is 5.92 Å². The molecule has 0 aromatic heterocycles. The summed E-state index contributed by atoms with van der Waals surface area (Å²) >= 11 is 0. The number of hydrogen-bond donors (Lipinski definition) is 1. The molecule has 1 N–H and O–H groups in total. The van der Waals surface area contributed by atoms with E-state index in [1.54, 1.807) is 43.3 Å². The lowest BCUT2D eigenvalue weighted by atomic mass is 10.0. The quantitative estimate of drug-likeness (QED) is 0.599. The first-order valence-electron chi connectivity index (χ1n) is 11.5. The number of ether oxygens (including phenoxy) is 1. The number of sulfonamides is 2. The van der Waals surface area contributed by atoms with Crippen molar-refractivity contribution in [2.75, 3.05) is 26.7 Å². The van der Waals surface area contributed by atoms with Gasteiger partial charge < -0.3 is 9.84 Å². The summed E-state index contributed by atoms with van der Waals surface area (Å²) in [6.45, 7) is 6.96. The van der Waals surface area contributed by atoms with E-state index in [9.17, 15) is 21.9 Å². The number of fused-ring (bicyclic) bond motifs is 1. The zero-order valence-electron chi connectivity index (χ0n) is 20.7. The van der Waals surface area contributed by atoms with E-state index in [0.717, 1.165) is 11.1 Å². The second kappa shape index (κ2) is 10.8. The molecular formula is C25H34N2O6S2. The van der Waals surface area contributed by atoms with Crippen LogP contribution < -0.4 is 4.74 Å². The van der Waals surface area contributed by atoms with Crippen molar-refractivity contribution in [3.63, 3.8) is 0 Å². The lowest BCUT2D eigenvalue weighted by molar-refractivity contribution is 0.0904. The van der Waals surface area contributed by atoms with Crippen molar-refractivity contribution >= 4 is 26.1 Å². The Balaban J connectivity index is 2.04. The largest absolute Gasteiger partial charge is 0.487 e. The fraction of sp³-hybridized carbons (Fsp3) is 0.440. The van der Waals surface area contributed by atoms with Crippen LogP contribution >= 0.6 is 0 Å². The van der Waals surface area contributed by atoms with Gasteiger partial charge in [0, 0.05) is 25.6 Å². The first kappa shape index (κ1) is 27.3. The molecule has 2 aromatic carbocycles. The van der Waals surface area contributed by atoms with Gasteiger partial charge in [0.25, 0.3) is 0 Å². The molecule has 10 heteroatoms. The predicted octanol–water partition coefficient (Wildman–Crippen LogP) is 3.12. The number of hydrogen-bond acceptors (Lipinski definition) is 6. The van der Waals surface area contributed by atoms with E-state index < -0.39 is 32.2 Å². The highest BCUT2D eigenvalue weighted by Crippen LogP contribution is 2.35. The van der Waals surface area contributed by atoms with Crippen LogP contribution in [0.3, 0.4) is 0 Å². The normalized spacial score (nSPS) is 21.8. The van der Waals surface area contributed by atoms with Crippen LogP contribution in [0.1, 0.15) is 31.9 Å². The van der Waals surface area contributed by atoms with Crippen molar-refractivity contribution < 1.29 is 26.7 Å². The standard InChI is InChI=1S/C25H34N2O6S2/c1-6-7-21-10-13-25-23(14-21)33-24(19(3)15-27(20(4)17-28)35(25,31)32)16-26(5)34(29,30)22-11-8-18(2)9-12-22/h6-14,19-20,24,28H,15-17H2,1-5H3/b7-6+/t19-,20+,24-/m0/s1. The summed E-state index contributed by atoms with van der Waals surface area (Å²) < 4.78 is 62.2. The molecule has 192 valence electrons. The number of aliphatic hydroxyl groups excluding tert-OH is 1. The molecule has 35 heavy (non-hydrogen) atoms. The van der Waals surface area contributed by atoms with Gasteiger partial charge in [-0.05, 0) is 50.6 Å². The SMILES string of the molecule is C/C=C/c1ccc2c(c1)O[C@@H](CN(C)S(=O)(=O)c1ccc(C)cc1)[C@@H](C)CN([C@H](C)CO)S2(=O)=O. The summed E-state index contributed by atoms with van der Waals surface area (Å²) in [6, 6.07) is 10.8. The Labute approximate surface area is 208 Å². The third-order valence-electron chi connectivity index (χ3n) is 6.22. The van der Waals surface area contributed by atoms with Gasteiger partial charge in [-0.2, -0.15) is 8.61 Å². The van der Waals surface area contributed by atoms with Crippen LogP contribution in [0.2, 0.25) is 0 Å². The van der Waals surface area contributed by atoms with Crippen LogP contribution in [0.5, 0.6) is 5.75 Å². The van der Waals surface area contributed by atoms with Gasteiger partial charge in [-0.3, -0.25) is 0 Å². The molecule has 3 rings (SSSR count). The maximum absolute atomic E-state index is 13.5. The minimum atomic E-state index is -3.95. The maximum atomic E-state index is 13.5. The molecule has 0 unspecified atom stereocenters. The van der Waals surface area contributed by atoms with Crippen LogP contribution in [0.25, 0.3) is 6.08 Å². The lowest BCUT2D eigenvalue weighted by Gasteiger charge is -2.37. The number of nitrogens with zero attached hydrogens (tertiary/aromatic N) is 2. The van der Waals surface area contributed by atoms with Gasteiger partial charge >= 0.3 is 0 Å². The average Bonchev–Trinajstić information content (AvgIpc) is 2.81. The Morgan fingerprint density at radius 3 is 2.49 bits per heavy atom. The van der Waals surface area contributed by atoms with Crippen molar-refractivity contribution in [1.82, 2.24) is 8.61 Å². The monoisotopic (exact) mass is 522 g/mol. The van der Waals surface area contributed by atoms with E-state index in [2.05, 4.69) is 0 Å². The highest BCUT2D eigenvalue weighted by atomic mass is 32.2. The molecule has 1 aliphatic rings. The molecule has 0 spiro atoms. The first-order valence-corrected chi connectivity index (χ1v) is 14.4. The summed E-state index contributed by atoms with van der Waals surface area (Å²) in [6.07, 6.45) is 3.03. The zero-order valence-corrected chi connectivity index (χ0v) is 22.4. The zero-order chi connectivity index (χ0) is 26.0. The van der Waals surface area contributed by atoms with Crippen LogP contribution in [-0.2, 0) is 20.0 Å². The van der Waals surface area contributed by atoms with Gasteiger partial charge in [-0.1, -0.05) is 42.8 Å². The van der Waals surface area contributed by atoms with E-state index in [4.69, 9.17) is 4.74 Å². The van der Waals surface area contributed by atoms with Gasteiger partial charge in [0.2, 0.25) is 20.0 Å².